The molecule has 2 heterocycles. The molecular formula is C29H46N4O3. The zero-order valence-electron chi connectivity index (χ0n) is 23.3. The molecule has 1 amide bonds. The van der Waals surface area contributed by atoms with Gasteiger partial charge < -0.3 is 9.47 Å². The fourth-order valence-corrected chi connectivity index (χ4v) is 3.81. The first-order valence-electron chi connectivity index (χ1n) is 13.5. The standard InChI is InChI=1S/C25H36N4O3.C4H10/c1-5-19(2)24(30)29(23-20(3)16-26-25(27-23)32-15-14-31-4)18-22-10-8-21(9-11-22)17-28-12-6-7-13-28;1-3-4-2/h8-11,16,19H,5-7,12-15,17-18H2,1-4H3;3-4H2,1-2H3. The van der Waals surface area contributed by atoms with Gasteiger partial charge in [0.25, 0.3) is 0 Å². The minimum absolute atomic E-state index is 0.0540. The first-order valence-corrected chi connectivity index (χ1v) is 13.5. The van der Waals surface area contributed by atoms with Gasteiger partial charge in [-0.3, -0.25) is 14.6 Å². The van der Waals surface area contributed by atoms with Crippen molar-refractivity contribution in [2.75, 3.05) is 38.3 Å². The number of aromatic nitrogens is 2. The van der Waals surface area contributed by atoms with Crippen molar-refractivity contribution in [3.63, 3.8) is 0 Å². The smallest absolute Gasteiger partial charge is 0.318 e. The number of benzene rings is 1. The Morgan fingerprint density at radius 2 is 1.69 bits per heavy atom. The third-order valence-electron chi connectivity index (χ3n) is 6.47. The van der Waals surface area contributed by atoms with E-state index in [0.717, 1.165) is 24.1 Å². The number of aryl methyl sites for hydroxylation is 1. The first kappa shape index (κ1) is 29.7. The Balaban J connectivity index is 0.00000106. The maximum Gasteiger partial charge on any atom is 0.318 e. The molecule has 7 nitrogen and oxygen atoms in total. The molecule has 2 aromatic rings. The summed E-state index contributed by atoms with van der Waals surface area (Å²) >= 11 is 0. The molecule has 200 valence electrons. The Bertz CT molecular complexity index is 896. The van der Waals surface area contributed by atoms with E-state index in [4.69, 9.17) is 9.47 Å². The van der Waals surface area contributed by atoms with Gasteiger partial charge in [-0.15, -0.1) is 0 Å². The molecule has 0 radical (unpaired) electrons. The maximum atomic E-state index is 13.3. The summed E-state index contributed by atoms with van der Waals surface area (Å²) in [5.74, 6) is 0.550. The van der Waals surface area contributed by atoms with Crippen molar-refractivity contribution < 1.29 is 14.3 Å². The van der Waals surface area contributed by atoms with Gasteiger partial charge in [0.2, 0.25) is 5.91 Å². The molecule has 1 unspecified atom stereocenters. The van der Waals surface area contributed by atoms with E-state index in [1.165, 1.54) is 44.3 Å². The number of carbonyl (C=O) groups is 1. The van der Waals surface area contributed by atoms with Crippen molar-refractivity contribution in [2.24, 2.45) is 5.92 Å². The number of ether oxygens (including phenoxy) is 2. The van der Waals surface area contributed by atoms with Gasteiger partial charge in [-0.25, -0.2) is 4.98 Å². The lowest BCUT2D eigenvalue weighted by Gasteiger charge is -2.26. The second kappa shape index (κ2) is 16.3. The van der Waals surface area contributed by atoms with Gasteiger partial charge in [0.05, 0.1) is 13.2 Å². The van der Waals surface area contributed by atoms with E-state index in [2.05, 4.69) is 53.0 Å². The van der Waals surface area contributed by atoms with Gasteiger partial charge in [0.1, 0.15) is 12.4 Å². The molecule has 0 spiro atoms. The van der Waals surface area contributed by atoms with Crippen molar-refractivity contribution in [1.82, 2.24) is 14.9 Å². The number of hydrogen-bond donors (Lipinski definition) is 0. The number of amides is 1. The van der Waals surface area contributed by atoms with Crippen LogP contribution in [0, 0.1) is 12.8 Å². The summed E-state index contributed by atoms with van der Waals surface area (Å²) in [4.78, 5) is 26.4. The second-order valence-corrected chi connectivity index (χ2v) is 9.53. The highest BCUT2D eigenvalue weighted by Crippen LogP contribution is 2.24. The summed E-state index contributed by atoms with van der Waals surface area (Å²) in [5, 5.41) is 0. The van der Waals surface area contributed by atoms with Crippen LogP contribution in [0.1, 0.15) is 76.5 Å². The minimum atomic E-state index is -0.100. The third kappa shape index (κ3) is 9.51. The van der Waals surface area contributed by atoms with Crippen LogP contribution in [0.3, 0.4) is 0 Å². The maximum absolute atomic E-state index is 13.3. The number of likely N-dealkylation sites (tertiary alicyclic amines) is 1. The van der Waals surface area contributed by atoms with Gasteiger partial charge in [-0.1, -0.05) is 64.8 Å². The average molecular weight is 499 g/mol. The highest BCUT2D eigenvalue weighted by Gasteiger charge is 2.24. The predicted molar refractivity (Wildman–Crippen MR) is 146 cm³/mol. The summed E-state index contributed by atoms with van der Waals surface area (Å²) < 4.78 is 10.6. The number of anilines is 1. The highest BCUT2D eigenvalue weighted by molar-refractivity contribution is 5.94. The van der Waals surface area contributed by atoms with Gasteiger partial charge in [-0.05, 0) is 50.4 Å². The molecule has 7 heteroatoms. The zero-order chi connectivity index (χ0) is 26.3. The normalized spacial score (nSPS) is 14.2. The van der Waals surface area contributed by atoms with Gasteiger partial charge >= 0.3 is 6.01 Å². The number of unbranched alkanes of at least 4 members (excludes halogenated alkanes) is 1. The van der Waals surface area contributed by atoms with E-state index in [-0.39, 0.29) is 17.8 Å². The fraction of sp³-hybridized carbons (Fsp3) is 0.621. The summed E-state index contributed by atoms with van der Waals surface area (Å²) in [6.07, 6.45) is 7.70. The Labute approximate surface area is 218 Å². The zero-order valence-corrected chi connectivity index (χ0v) is 23.3. The molecule has 36 heavy (non-hydrogen) atoms. The number of nitrogens with zero attached hydrogens (tertiary/aromatic N) is 4. The van der Waals surface area contributed by atoms with Crippen molar-refractivity contribution >= 4 is 11.7 Å². The molecule has 0 N–H and O–H groups in total. The van der Waals surface area contributed by atoms with Crippen molar-refractivity contribution in [3.05, 3.63) is 47.2 Å². The topological polar surface area (TPSA) is 67.8 Å². The Hall–Kier alpha value is -2.51. The number of carbonyl (C=O) groups excluding carboxylic acids is 1. The fourth-order valence-electron chi connectivity index (χ4n) is 3.81. The molecule has 3 rings (SSSR count). The first-order chi connectivity index (χ1) is 17.4. The number of rotatable bonds is 12. The van der Waals surface area contributed by atoms with Crippen LogP contribution < -0.4 is 9.64 Å². The van der Waals surface area contributed by atoms with Crippen LogP contribution in [0.25, 0.3) is 0 Å². The average Bonchev–Trinajstić information content (AvgIpc) is 3.42. The summed E-state index contributed by atoms with van der Waals surface area (Å²) in [5.41, 5.74) is 3.22. The minimum Gasteiger partial charge on any atom is -0.461 e. The lowest BCUT2D eigenvalue weighted by Crippen LogP contribution is -2.36. The van der Waals surface area contributed by atoms with Gasteiger partial charge in [-0.2, -0.15) is 4.98 Å². The molecule has 0 aliphatic carbocycles. The lowest BCUT2D eigenvalue weighted by molar-refractivity contribution is -0.122. The Morgan fingerprint density at radius 3 is 2.28 bits per heavy atom. The van der Waals surface area contributed by atoms with Crippen molar-refractivity contribution in [2.45, 2.75) is 79.8 Å². The largest absolute Gasteiger partial charge is 0.461 e. The lowest BCUT2D eigenvalue weighted by atomic mass is 10.1. The SMILES string of the molecule is CCC(C)C(=O)N(Cc1ccc(CN2CCCC2)cc1)c1nc(OCCOC)ncc1C.CCCC. The molecule has 0 saturated carbocycles. The molecule has 1 atom stereocenters. The molecule has 1 aromatic heterocycles. The van der Waals surface area contributed by atoms with Gasteiger partial charge in [0.15, 0.2) is 0 Å². The van der Waals surface area contributed by atoms with E-state index in [0.29, 0.717) is 25.6 Å². The van der Waals surface area contributed by atoms with E-state index in [1.54, 1.807) is 18.2 Å². The molecule has 1 aliphatic rings. The predicted octanol–water partition coefficient (Wildman–Crippen LogP) is 5.79. The molecule has 0 bridgehead atoms. The number of methoxy groups -OCH3 is 1. The highest BCUT2D eigenvalue weighted by atomic mass is 16.5. The van der Waals surface area contributed by atoms with Crippen LogP contribution >= 0.6 is 0 Å². The Kier molecular flexibility index (Phi) is 13.4. The van der Waals surface area contributed by atoms with E-state index in [1.807, 2.05) is 20.8 Å². The molecule has 1 aromatic carbocycles. The van der Waals surface area contributed by atoms with Crippen molar-refractivity contribution in [3.8, 4) is 6.01 Å². The van der Waals surface area contributed by atoms with Crippen molar-refractivity contribution in [1.29, 1.82) is 0 Å². The van der Waals surface area contributed by atoms with Crippen LogP contribution in [0.15, 0.2) is 30.5 Å². The Morgan fingerprint density at radius 1 is 1.06 bits per heavy atom. The third-order valence-corrected chi connectivity index (χ3v) is 6.47. The van der Waals surface area contributed by atoms with Crippen LogP contribution in [0.5, 0.6) is 6.01 Å². The van der Waals surface area contributed by atoms with Crippen LogP contribution in [-0.2, 0) is 22.6 Å². The molecule has 1 aliphatic heterocycles. The van der Waals surface area contributed by atoms with E-state index < -0.39 is 0 Å². The molecule has 1 saturated heterocycles. The summed E-state index contributed by atoms with van der Waals surface area (Å²) in [6, 6.07) is 8.84. The van der Waals surface area contributed by atoms with Crippen LogP contribution in [0.4, 0.5) is 5.82 Å². The summed E-state index contributed by atoms with van der Waals surface area (Å²) in [6.45, 7) is 14.9. The number of hydrogen-bond acceptors (Lipinski definition) is 6. The van der Waals surface area contributed by atoms with Gasteiger partial charge in [0, 0.05) is 31.3 Å². The van der Waals surface area contributed by atoms with Crippen LogP contribution in [0.2, 0.25) is 0 Å². The van der Waals surface area contributed by atoms with E-state index in [9.17, 15) is 4.79 Å². The van der Waals surface area contributed by atoms with Crippen LogP contribution in [-0.4, -0.2) is 54.2 Å². The molecular weight excluding hydrogens is 452 g/mol. The second-order valence-electron chi connectivity index (χ2n) is 9.53. The summed E-state index contributed by atoms with van der Waals surface area (Å²) in [7, 11) is 1.62. The monoisotopic (exact) mass is 498 g/mol. The quantitative estimate of drug-likeness (QED) is 0.345. The van der Waals surface area contributed by atoms with E-state index >= 15 is 0 Å². The molecule has 1 fully saturated rings.